The number of aliphatic hydroxyl groups is 1. The van der Waals surface area contributed by atoms with Crippen molar-refractivity contribution in [1.82, 2.24) is 0 Å². The predicted octanol–water partition coefficient (Wildman–Crippen LogP) is 1.16. The van der Waals surface area contributed by atoms with E-state index in [1.54, 1.807) is 12.1 Å². The van der Waals surface area contributed by atoms with Gasteiger partial charge in [0.2, 0.25) is 0 Å². The number of hydrogen-bond donors (Lipinski definition) is 2. The van der Waals surface area contributed by atoms with E-state index in [2.05, 4.69) is 0 Å². The smallest absolute Gasteiger partial charge is 0.335 e. The van der Waals surface area contributed by atoms with Gasteiger partial charge in [0.05, 0.1) is 25.4 Å². The molecule has 17 heavy (non-hydrogen) atoms. The molecule has 5 nitrogen and oxygen atoms in total. The van der Waals surface area contributed by atoms with Crippen molar-refractivity contribution < 1.29 is 24.5 Å². The molecule has 0 radical (unpaired) electrons. The summed E-state index contributed by atoms with van der Waals surface area (Å²) < 4.78 is 10.4. The molecular formula is C12H16O5. The van der Waals surface area contributed by atoms with E-state index in [1.165, 1.54) is 12.1 Å². The maximum atomic E-state index is 10.6. The first-order valence-electron chi connectivity index (χ1n) is 5.39. The highest BCUT2D eigenvalue weighted by atomic mass is 16.5. The molecule has 0 heterocycles. The zero-order valence-corrected chi connectivity index (χ0v) is 9.46. The number of carbonyl (C=O) groups is 1. The van der Waals surface area contributed by atoms with E-state index in [1.807, 2.05) is 0 Å². The van der Waals surface area contributed by atoms with Gasteiger partial charge in [-0.05, 0) is 24.3 Å². The minimum Gasteiger partial charge on any atom is -0.494 e. The highest BCUT2D eigenvalue weighted by molar-refractivity contribution is 5.87. The van der Waals surface area contributed by atoms with E-state index in [4.69, 9.17) is 19.7 Å². The molecule has 0 atom stereocenters. The molecule has 2 N–H and O–H groups in total. The summed E-state index contributed by atoms with van der Waals surface area (Å²) in [5.41, 5.74) is 0.239. The van der Waals surface area contributed by atoms with E-state index >= 15 is 0 Å². The van der Waals surface area contributed by atoms with Gasteiger partial charge in [0, 0.05) is 13.0 Å². The molecule has 94 valence electrons. The van der Waals surface area contributed by atoms with Gasteiger partial charge in [-0.3, -0.25) is 0 Å². The molecule has 0 amide bonds. The summed E-state index contributed by atoms with van der Waals surface area (Å²) >= 11 is 0. The number of aliphatic hydroxyl groups excluding tert-OH is 1. The summed E-state index contributed by atoms with van der Waals surface area (Å²) in [6.07, 6.45) is 0.723. The fourth-order valence-electron chi connectivity index (χ4n) is 1.21. The molecule has 0 bridgehead atoms. The molecule has 1 rings (SSSR count). The van der Waals surface area contributed by atoms with Gasteiger partial charge in [-0.1, -0.05) is 0 Å². The van der Waals surface area contributed by atoms with Crippen LogP contribution in [0.3, 0.4) is 0 Å². The highest BCUT2D eigenvalue weighted by Crippen LogP contribution is 2.12. The summed E-state index contributed by atoms with van der Waals surface area (Å²) in [6.45, 7) is 1.40. The molecule has 0 aliphatic rings. The van der Waals surface area contributed by atoms with Gasteiger partial charge >= 0.3 is 5.97 Å². The molecule has 0 aromatic heterocycles. The van der Waals surface area contributed by atoms with Gasteiger partial charge in [-0.25, -0.2) is 4.79 Å². The summed E-state index contributed by atoms with van der Waals surface area (Å²) in [6, 6.07) is 6.25. The Morgan fingerprint density at radius 1 is 1.12 bits per heavy atom. The number of benzene rings is 1. The Morgan fingerprint density at radius 2 is 1.82 bits per heavy atom. The van der Waals surface area contributed by atoms with E-state index in [-0.39, 0.29) is 12.2 Å². The summed E-state index contributed by atoms with van der Waals surface area (Å²) in [5.74, 6) is -0.314. The van der Waals surface area contributed by atoms with Gasteiger partial charge in [0.15, 0.2) is 0 Å². The van der Waals surface area contributed by atoms with Crippen LogP contribution in [0.5, 0.6) is 5.75 Å². The van der Waals surface area contributed by atoms with Crippen LogP contribution in [0.2, 0.25) is 0 Å². The third-order valence-corrected chi connectivity index (χ3v) is 2.04. The number of ether oxygens (including phenoxy) is 2. The average Bonchev–Trinajstić information content (AvgIpc) is 2.34. The second-order valence-corrected chi connectivity index (χ2v) is 3.37. The third-order valence-electron chi connectivity index (χ3n) is 2.04. The zero-order valence-electron chi connectivity index (χ0n) is 9.46. The number of carboxylic acid groups (broad SMARTS) is 1. The lowest BCUT2D eigenvalue weighted by molar-refractivity contribution is 0.0697. The molecule has 0 aliphatic heterocycles. The lowest BCUT2D eigenvalue weighted by Gasteiger charge is -2.06. The monoisotopic (exact) mass is 240 g/mol. The Labute approximate surface area is 99.6 Å². The van der Waals surface area contributed by atoms with Crippen molar-refractivity contribution in [2.24, 2.45) is 0 Å². The SMILES string of the molecule is O=C(O)c1ccc(OCCCOCCO)cc1. The molecule has 5 heteroatoms. The van der Waals surface area contributed by atoms with Crippen LogP contribution in [-0.2, 0) is 4.74 Å². The Balaban J connectivity index is 2.21. The van der Waals surface area contributed by atoms with Gasteiger partial charge in [-0.15, -0.1) is 0 Å². The number of carboxylic acids is 1. The first-order chi connectivity index (χ1) is 8.24. The highest BCUT2D eigenvalue weighted by Gasteiger charge is 2.01. The number of rotatable bonds is 8. The lowest BCUT2D eigenvalue weighted by Crippen LogP contribution is -2.05. The summed E-state index contributed by atoms with van der Waals surface area (Å²) in [7, 11) is 0. The van der Waals surface area contributed by atoms with Crippen LogP contribution in [0, 0.1) is 0 Å². The summed E-state index contributed by atoms with van der Waals surface area (Å²) in [4.78, 5) is 10.6. The Kier molecular flexibility index (Phi) is 6.06. The van der Waals surface area contributed by atoms with Crippen molar-refractivity contribution in [2.45, 2.75) is 6.42 Å². The fraction of sp³-hybridized carbons (Fsp3) is 0.417. The fourth-order valence-corrected chi connectivity index (χ4v) is 1.21. The van der Waals surface area contributed by atoms with E-state index in [9.17, 15) is 4.79 Å². The van der Waals surface area contributed by atoms with E-state index in [0.29, 0.717) is 25.6 Å². The minimum atomic E-state index is -0.950. The molecule has 0 spiro atoms. The largest absolute Gasteiger partial charge is 0.494 e. The van der Waals surface area contributed by atoms with Crippen LogP contribution < -0.4 is 4.74 Å². The Morgan fingerprint density at radius 3 is 2.41 bits per heavy atom. The van der Waals surface area contributed by atoms with Crippen molar-refractivity contribution in [3.05, 3.63) is 29.8 Å². The molecule has 0 saturated carbocycles. The molecular weight excluding hydrogens is 224 g/mol. The van der Waals surface area contributed by atoms with Crippen molar-refractivity contribution in [3.8, 4) is 5.75 Å². The van der Waals surface area contributed by atoms with Gasteiger partial charge in [0.1, 0.15) is 5.75 Å². The van der Waals surface area contributed by atoms with Crippen LogP contribution in [0.1, 0.15) is 16.8 Å². The predicted molar refractivity (Wildman–Crippen MR) is 61.4 cm³/mol. The van der Waals surface area contributed by atoms with Crippen LogP contribution in [0.4, 0.5) is 0 Å². The average molecular weight is 240 g/mol. The molecule has 1 aromatic rings. The zero-order chi connectivity index (χ0) is 12.5. The Hall–Kier alpha value is -1.59. The summed E-state index contributed by atoms with van der Waals surface area (Å²) in [5, 5.41) is 17.2. The van der Waals surface area contributed by atoms with Crippen molar-refractivity contribution in [2.75, 3.05) is 26.4 Å². The number of aromatic carboxylic acids is 1. The van der Waals surface area contributed by atoms with Gasteiger partial charge < -0.3 is 19.7 Å². The van der Waals surface area contributed by atoms with Crippen molar-refractivity contribution in [1.29, 1.82) is 0 Å². The molecule has 0 aliphatic carbocycles. The van der Waals surface area contributed by atoms with E-state index < -0.39 is 5.97 Å². The Bertz CT molecular complexity index is 333. The second-order valence-electron chi connectivity index (χ2n) is 3.37. The number of hydrogen-bond acceptors (Lipinski definition) is 4. The van der Waals surface area contributed by atoms with Gasteiger partial charge in [-0.2, -0.15) is 0 Å². The lowest BCUT2D eigenvalue weighted by atomic mass is 10.2. The van der Waals surface area contributed by atoms with Gasteiger partial charge in [0.25, 0.3) is 0 Å². The maximum absolute atomic E-state index is 10.6. The normalized spacial score (nSPS) is 10.2. The molecule has 0 unspecified atom stereocenters. The topological polar surface area (TPSA) is 76.0 Å². The molecule has 1 aromatic carbocycles. The van der Waals surface area contributed by atoms with E-state index in [0.717, 1.165) is 6.42 Å². The molecule has 0 saturated heterocycles. The second kappa shape index (κ2) is 7.65. The quantitative estimate of drug-likeness (QED) is 0.667. The van der Waals surface area contributed by atoms with Crippen LogP contribution in [-0.4, -0.2) is 42.6 Å². The molecule has 0 fully saturated rings. The first kappa shape index (κ1) is 13.5. The maximum Gasteiger partial charge on any atom is 0.335 e. The van der Waals surface area contributed by atoms with Crippen molar-refractivity contribution >= 4 is 5.97 Å². The first-order valence-corrected chi connectivity index (χ1v) is 5.39. The minimum absolute atomic E-state index is 0.0253. The third kappa shape index (κ3) is 5.33. The standard InChI is InChI=1S/C12H16O5/c13-6-9-16-7-1-8-17-11-4-2-10(3-5-11)12(14)15/h2-5,13H,1,6-9H2,(H,14,15). The van der Waals surface area contributed by atoms with Crippen LogP contribution in [0.25, 0.3) is 0 Å². The van der Waals surface area contributed by atoms with Crippen molar-refractivity contribution in [3.63, 3.8) is 0 Å². The van der Waals surface area contributed by atoms with Crippen LogP contribution >= 0.6 is 0 Å². The van der Waals surface area contributed by atoms with Crippen LogP contribution in [0.15, 0.2) is 24.3 Å².